The van der Waals surface area contributed by atoms with Gasteiger partial charge in [-0.05, 0) is 24.3 Å². The van der Waals surface area contributed by atoms with Crippen LogP contribution in [0, 0.1) is 0 Å². The maximum atomic E-state index is 6.53. The molecule has 5 rings (SSSR count). The molecule has 0 unspecified atom stereocenters. The molecule has 8 nitrogen and oxygen atoms in total. The van der Waals surface area contributed by atoms with E-state index in [1.54, 1.807) is 35.6 Å². The first-order valence-electron chi connectivity index (χ1n) is 10.1. The summed E-state index contributed by atoms with van der Waals surface area (Å²) < 4.78 is 22.4. The summed E-state index contributed by atoms with van der Waals surface area (Å²) in [5.74, 6) is -0.463. The van der Waals surface area contributed by atoms with Gasteiger partial charge in [0, 0.05) is 23.0 Å². The first-order chi connectivity index (χ1) is 16.0. The van der Waals surface area contributed by atoms with Crippen molar-refractivity contribution in [1.29, 1.82) is 0 Å². The van der Waals surface area contributed by atoms with Gasteiger partial charge in [-0.1, -0.05) is 41.4 Å². The molecule has 170 valence electrons. The topological polar surface area (TPSA) is 76.2 Å². The van der Waals surface area contributed by atoms with Crippen LogP contribution < -0.4 is 4.74 Å². The molecule has 3 heterocycles. The molecule has 2 atom stereocenters. The summed E-state index contributed by atoms with van der Waals surface area (Å²) in [6.07, 6.45) is 6.48. The smallest absolute Gasteiger partial charge is 0.215 e. The second-order valence-corrected chi connectivity index (χ2v) is 8.69. The number of benzene rings is 2. The molecule has 2 aromatic carbocycles. The van der Waals surface area contributed by atoms with Crippen molar-refractivity contribution in [1.82, 2.24) is 24.3 Å². The average Bonchev–Trinajstić information content (AvgIpc) is 3.55. The molecule has 4 aromatic rings. The molecule has 0 bridgehead atoms. The van der Waals surface area contributed by atoms with E-state index in [0.717, 1.165) is 5.69 Å². The van der Waals surface area contributed by atoms with Gasteiger partial charge in [-0.15, -0.1) is 22.8 Å². The van der Waals surface area contributed by atoms with Crippen LogP contribution in [0.2, 0.25) is 10.0 Å². The Hall–Kier alpha value is -2.56. The van der Waals surface area contributed by atoms with Crippen molar-refractivity contribution in [3.8, 4) is 11.4 Å². The Labute approximate surface area is 205 Å². The minimum absolute atomic E-state index is 0.262. The number of aromatic nitrogens is 5. The summed E-state index contributed by atoms with van der Waals surface area (Å²) in [5.41, 5.74) is 1.46. The fraction of sp³-hybridized carbons (Fsp3) is 0.227. The highest BCUT2D eigenvalue weighted by Crippen LogP contribution is 2.40. The summed E-state index contributed by atoms with van der Waals surface area (Å²) in [5, 5.41) is 9.27. The van der Waals surface area contributed by atoms with Crippen molar-refractivity contribution in [3.05, 3.63) is 83.1 Å². The summed E-state index contributed by atoms with van der Waals surface area (Å²) in [6.45, 7) is 0.948. The quantitative estimate of drug-likeness (QED) is 0.376. The lowest BCUT2D eigenvalue weighted by atomic mass is 10.1. The maximum Gasteiger partial charge on any atom is 0.215 e. The van der Waals surface area contributed by atoms with Gasteiger partial charge in [0.05, 0.1) is 30.2 Å². The van der Waals surface area contributed by atoms with Crippen molar-refractivity contribution < 1.29 is 14.2 Å². The van der Waals surface area contributed by atoms with Crippen molar-refractivity contribution in [2.24, 2.45) is 0 Å². The number of nitrogens with zero attached hydrogens (tertiary/aromatic N) is 5. The highest BCUT2D eigenvalue weighted by molar-refractivity contribution is 7.80. The summed E-state index contributed by atoms with van der Waals surface area (Å²) in [7, 11) is 0. The molecule has 0 N–H and O–H groups in total. The van der Waals surface area contributed by atoms with Gasteiger partial charge in [-0.25, -0.2) is 4.98 Å². The van der Waals surface area contributed by atoms with E-state index >= 15 is 0 Å². The Morgan fingerprint density at radius 2 is 2.06 bits per heavy atom. The first-order valence-corrected chi connectivity index (χ1v) is 11.3. The van der Waals surface area contributed by atoms with Crippen LogP contribution >= 0.6 is 35.8 Å². The van der Waals surface area contributed by atoms with Gasteiger partial charge in [-0.2, -0.15) is 0 Å². The third-order valence-corrected chi connectivity index (χ3v) is 6.08. The highest BCUT2D eigenvalue weighted by atomic mass is 35.5. The van der Waals surface area contributed by atoms with Crippen LogP contribution in [0.3, 0.4) is 0 Å². The van der Waals surface area contributed by atoms with Crippen LogP contribution in [0.15, 0.2) is 72.7 Å². The average molecular weight is 504 g/mol. The zero-order valence-electron chi connectivity index (χ0n) is 17.2. The second kappa shape index (κ2) is 9.36. The number of hydrogen-bond donors (Lipinski definition) is 1. The van der Waals surface area contributed by atoms with Crippen LogP contribution in [-0.2, 0) is 21.8 Å². The Kier molecular flexibility index (Phi) is 6.31. The molecular weight excluding hydrogens is 485 g/mol. The van der Waals surface area contributed by atoms with E-state index < -0.39 is 5.79 Å². The lowest BCUT2D eigenvalue weighted by Crippen LogP contribution is -2.34. The Balaban J connectivity index is 1.37. The molecule has 2 aromatic heterocycles. The molecular formula is C22H19Cl2N5O3S. The molecule has 1 saturated heterocycles. The fourth-order valence-corrected chi connectivity index (χ4v) is 4.50. The Morgan fingerprint density at radius 1 is 1.18 bits per heavy atom. The van der Waals surface area contributed by atoms with E-state index in [-0.39, 0.29) is 12.7 Å². The van der Waals surface area contributed by atoms with Crippen LogP contribution in [0.25, 0.3) is 5.69 Å². The van der Waals surface area contributed by atoms with Crippen LogP contribution in [0.5, 0.6) is 5.75 Å². The van der Waals surface area contributed by atoms with Crippen molar-refractivity contribution in [3.63, 3.8) is 0 Å². The molecule has 33 heavy (non-hydrogen) atoms. The molecule has 0 saturated carbocycles. The van der Waals surface area contributed by atoms with E-state index in [9.17, 15) is 0 Å². The number of imidazole rings is 1. The fourth-order valence-electron chi connectivity index (χ4n) is 3.74. The normalized spacial score (nSPS) is 20.3. The SMILES string of the molecule is Sc1nncn1-c1ccccc1OC[C@H]1CO[C@@](Cn2ccnc2)(c2ccc(Cl)cc2Cl)O1. The first kappa shape index (κ1) is 22.2. The lowest BCUT2D eigenvalue weighted by Gasteiger charge is -2.30. The van der Waals surface area contributed by atoms with E-state index in [1.165, 1.54) is 0 Å². The number of halogens is 2. The lowest BCUT2D eigenvalue weighted by molar-refractivity contribution is -0.189. The molecule has 11 heteroatoms. The van der Waals surface area contributed by atoms with E-state index in [1.807, 2.05) is 41.1 Å². The van der Waals surface area contributed by atoms with Crippen molar-refractivity contribution in [2.45, 2.75) is 23.6 Å². The van der Waals surface area contributed by atoms with E-state index in [2.05, 4.69) is 27.8 Å². The molecule has 1 fully saturated rings. The van der Waals surface area contributed by atoms with Gasteiger partial charge < -0.3 is 18.8 Å². The van der Waals surface area contributed by atoms with Crippen LogP contribution in [0.1, 0.15) is 5.56 Å². The number of thiol groups is 1. The van der Waals surface area contributed by atoms with Crippen molar-refractivity contribution >= 4 is 35.8 Å². The predicted molar refractivity (Wildman–Crippen MR) is 125 cm³/mol. The van der Waals surface area contributed by atoms with Gasteiger partial charge in [0.25, 0.3) is 0 Å². The predicted octanol–water partition coefficient (Wildman–Crippen LogP) is 4.41. The molecule has 0 amide bonds. The third-order valence-electron chi connectivity index (χ3n) is 5.23. The van der Waals surface area contributed by atoms with E-state index in [0.29, 0.717) is 39.7 Å². The zero-order valence-corrected chi connectivity index (χ0v) is 19.6. The standard InChI is InChI=1S/C22H19Cl2N5O3S/c23-15-5-6-17(18(24)9-15)22(12-28-8-7-25-13-28)31-11-16(32-22)10-30-20-4-2-1-3-19(20)29-14-26-27-21(29)33/h1-9,13-14,16H,10-12H2,(H,27,33)/t16-,22+/m0/s1. The van der Waals surface area contributed by atoms with Gasteiger partial charge in [0.2, 0.25) is 5.79 Å². The van der Waals surface area contributed by atoms with Gasteiger partial charge in [0.15, 0.2) is 5.16 Å². The van der Waals surface area contributed by atoms with Gasteiger partial charge in [0.1, 0.15) is 24.8 Å². The van der Waals surface area contributed by atoms with E-state index in [4.69, 9.17) is 37.4 Å². The second-order valence-electron chi connectivity index (χ2n) is 7.44. The minimum atomic E-state index is -1.11. The highest BCUT2D eigenvalue weighted by Gasteiger charge is 2.45. The summed E-state index contributed by atoms with van der Waals surface area (Å²) in [6, 6.07) is 12.8. The molecule has 1 aliphatic heterocycles. The molecule has 0 radical (unpaired) electrons. The van der Waals surface area contributed by atoms with Crippen LogP contribution in [-0.4, -0.2) is 43.6 Å². The Morgan fingerprint density at radius 3 is 2.82 bits per heavy atom. The monoisotopic (exact) mass is 503 g/mol. The zero-order chi connectivity index (χ0) is 22.8. The summed E-state index contributed by atoms with van der Waals surface area (Å²) in [4.78, 5) is 4.12. The number of para-hydroxylation sites is 2. The van der Waals surface area contributed by atoms with Crippen molar-refractivity contribution in [2.75, 3.05) is 13.2 Å². The number of hydrogen-bond acceptors (Lipinski definition) is 7. The molecule has 0 aliphatic carbocycles. The minimum Gasteiger partial charge on any atom is -0.489 e. The van der Waals surface area contributed by atoms with Gasteiger partial charge >= 0.3 is 0 Å². The van der Waals surface area contributed by atoms with Gasteiger partial charge in [-0.3, -0.25) is 4.57 Å². The number of ether oxygens (including phenoxy) is 3. The summed E-state index contributed by atoms with van der Waals surface area (Å²) >= 11 is 17.0. The maximum absolute atomic E-state index is 6.53. The number of rotatable bonds is 7. The molecule has 1 aliphatic rings. The molecule has 0 spiro atoms. The largest absolute Gasteiger partial charge is 0.489 e. The van der Waals surface area contributed by atoms with Crippen LogP contribution in [0.4, 0.5) is 0 Å². The Bertz CT molecular complexity index is 1250. The third kappa shape index (κ3) is 4.60.